The van der Waals surface area contributed by atoms with E-state index in [1.165, 1.54) is 5.39 Å². The van der Waals surface area contributed by atoms with Crippen LogP contribution < -0.4 is 5.73 Å². The zero-order valence-corrected chi connectivity index (χ0v) is 10.1. The van der Waals surface area contributed by atoms with Gasteiger partial charge in [0.05, 0.1) is 6.04 Å². The van der Waals surface area contributed by atoms with Gasteiger partial charge in [-0.25, -0.2) is 0 Å². The molecule has 5 heteroatoms. The van der Waals surface area contributed by atoms with E-state index < -0.39 is 0 Å². The summed E-state index contributed by atoms with van der Waals surface area (Å²) in [4.78, 5) is 7.39. The summed E-state index contributed by atoms with van der Waals surface area (Å²) in [7, 11) is 0. The smallest absolute Gasteiger partial charge is 0.243 e. The van der Waals surface area contributed by atoms with Gasteiger partial charge in [-0.1, -0.05) is 23.4 Å². The summed E-state index contributed by atoms with van der Waals surface area (Å²) in [6.45, 7) is 1.78. The first-order valence-corrected chi connectivity index (χ1v) is 5.85. The number of aromatic amines is 1. The van der Waals surface area contributed by atoms with Crippen molar-refractivity contribution in [3.05, 3.63) is 47.7 Å². The minimum absolute atomic E-state index is 0.273. The number of aromatic nitrogens is 3. The van der Waals surface area contributed by atoms with Crippen molar-refractivity contribution in [1.82, 2.24) is 15.1 Å². The molecule has 0 unspecified atom stereocenters. The van der Waals surface area contributed by atoms with Crippen LogP contribution in [-0.4, -0.2) is 15.1 Å². The number of aryl methyl sites for hydroxylation is 1. The fourth-order valence-electron chi connectivity index (χ4n) is 2.09. The molecule has 0 bridgehead atoms. The van der Waals surface area contributed by atoms with Crippen LogP contribution in [0.25, 0.3) is 10.9 Å². The number of rotatable bonds is 3. The van der Waals surface area contributed by atoms with Crippen LogP contribution in [0.4, 0.5) is 0 Å². The Morgan fingerprint density at radius 2 is 2.22 bits per heavy atom. The Balaban J connectivity index is 1.88. The van der Waals surface area contributed by atoms with Crippen molar-refractivity contribution >= 4 is 10.9 Å². The van der Waals surface area contributed by atoms with Crippen LogP contribution in [0.2, 0.25) is 0 Å². The Morgan fingerprint density at radius 1 is 1.39 bits per heavy atom. The highest BCUT2D eigenvalue weighted by Gasteiger charge is 2.15. The molecule has 3 rings (SSSR count). The van der Waals surface area contributed by atoms with Gasteiger partial charge in [-0.2, -0.15) is 4.98 Å². The lowest BCUT2D eigenvalue weighted by molar-refractivity contribution is 0.351. The van der Waals surface area contributed by atoms with Crippen LogP contribution in [0.5, 0.6) is 0 Å². The van der Waals surface area contributed by atoms with Crippen LogP contribution >= 0.6 is 0 Å². The third-order valence-electron chi connectivity index (χ3n) is 2.98. The van der Waals surface area contributed by atoms with Gasteiger partial charge >= 0.3 is 0 Å². The van der Waals surface area contributed by atoms with Crippen LogP contribution in [0.3, 0.4) is 0 Å². The van der Waals surface area contributed by atoms with Crippen molar-refractivity contribution in [2.75, 3.05) is 0 Å². The topological polar surface area (TPSA) is 80.7 Å². The summed E-state index contributed by atoms with van der Waals surface area (Å²) in [6.07, 6.45) is 2.65. The van der Waals surface area contributed by atoms with E-state index in [1.807, 2.05) is 24.4 Å². The molecule has 18 heavy (non-hydrogen) atoms. The summed E-state index contributed by atoms with van der Waals surface area (Å²) >= 11 is 0. The molecule has 0 aliphatic carbocycles. The lowest BCUT2D eigenvalue weighted by Gasteiger charge is -2.05. The largest absolute Gasteiger partial charge is 0.361 e. The molecule has 1 aromatic carbocycles. The van der Waals surface area contributed by atoms with Gasteiger partial charge in [-0.15, -0.1) is 0 Å². The van der Waals surface area contributed by atoms with Crippen molar-refractivity contribution < 1.29 is 4.52 Å². The van der Waals surface area contributed by atoms with Gasteiger partial charge in [0.2, 0.25) is 5.89 Å². The molecular formula is C13H14N4O. The number of nitrogens with zero attached hydrogens (tertiary/aromatic N) is 2. The fraction of sp³-hybridized carbons (Fsp3) is 0.231. The predicted octanol–water partition coefficient (Wildman–Crippen LogP) is 2.10. The highest BCUT2D eigenvalue weighted by Crippen LogP contribution is 2.22. The van der Waals surface area contributed by atoms with Crippen LogP contribution in [-0.2, 0) is 6.42 Å². The maximum absolute atomic E-state index is 6.08. The van der Waals surface area contributed by atoms with Crippen molar-refractivity contribution in [1.29, 1.82) is 0 Å². The first-order valence-electron chi connectivity index (χ1n) is 5.85. The third kappa shape index (κ3) is 1.89. The molecule has 2 aromatic heterocycles. The SMILES string of the molecule is Cc1noc([C@H](N)Cc2c[nH]c3ccccc23)n1. The second-order valence-corrected chi connectivity index (χ2v) is 4.35. The van der Waals surface area contributed by atoms with E-state index in [-0.39, 0.29) is 6.04 Å². The summed E-state index contributed by atoms with van der Waals surface area (Å²) in [6, 6.07) is 7.87. The van der Waals surface area contributed by atoms with Crippen LogP contribution in [0, 0.1) is 6.92 Å². The number of nitrogens with one attached hydrogen (secondary N) is 1. The average molecular weight is 242 g/mol. The van der Waals surface area contributed by atoms with Crippen LogP contribution in [0.1, 0.15) is 23.3 Å². The average Bonchev–Trinajstić information content (AvgIpc) is 2.97. The monoisotopic (exact) mass is 242 g/mol. The van der Waals surface area contributed by atoms with Crippen molar-refractivity contribution in [3.8, 4) is 0 Å². The first-order chi connectivity index (χ1) is 8.74. The maximum atomic E-state index is 6.08. The molecule has 0 saturated carbocycles. The molecule has 3 aromatic rings. The summed E-state index contributed by atoms with van der Waals surface area (Å²) < 4.78 is 5.09. The van der Waals surface area contributed by atoms with E-state index in [0.29, 0.717) is 18.1 Å². The number of hydrogen-bond acceptors (Lipinski definition) is 4. The molecule has 0 radical (unpaired) electrons. The van der Waals surface area contributed by atoms with Gasteiger partial charge < -0.3 is 15.2 Å². The number of nitrogens with two attached hydrogens (primary N) is 1. The Bertz CT molecular complexity index is 670. The minimum atomic E-state index is -0.273. The third-order valence-corrected chi connectivity index (χ3v) is 2.98. The van der Waals surface area contributed by atoms with Crippen molar-refractivity contribution in [2.45, 2.75) is 19.4 Å². The van der Waals surface area contributed by atoms with Crippen LogP contribution in [0.15, 0.2) is 35.0 Å². The standard InChI is InChI=1S/C13H14N4O/c1-8-16-13(18-17-8)11(14)6-9-7-15-12-5-3-2-4-10(9)12/h2-5,7,11,15H,6,14H2,1H3/t11-/m1/s1. The van der Waals surface area contributed by atoms with Crippen molar-refractivity contribution in [3.63, 3.8) is 0 Å². The minimum Gasteiger partial charge on any atom is -0.361 e. The lowest BCUT2D eigenvalue weighted by Crippen LogP contribution is -2.13. The Labute approximate surface area is 104 Å². The fourth-order valence-corrected chi connectivity index (χ4v) is 2.09. The first kappa shape index (κ1) is 11.0. The molecule has 0 fully saturated rings. The molecule has 0 spiro atoms. The number of fused-ring (bicyclic) bond motifs is 1. The molecule has 92 valence electrons. The lowest BCUT2D eigenvalue weighted by atomic mass is 10.1. The van der Waals surface area contributed by atoms with E-state index in [9.17, 15) is 0 Å². The number of para-hydroxylation sites is 1. The number of H-pyrrole nitrogens is 1. The van der Waals surface area contributed by atoms with E-state index in [4.69, 9.17) is 10.3 Å². The second-order valence-electron chi connectivity index (χ2n) is 4.35. The van der Waals surface area contributed by atoms with Gasteiger partial charge in [0.1, 0.15) is 0 Å². The van der Waals surface area contributed by atoms with E-state index in [1.54, 1.807) is 6.92 Å². The van der Waals surface area contributed by atoms with E-state index in [2.05, 4.69) is 21.2 Å². The molecule has 1 atom stereocenters. The summed E-state index contributed by atoms with van der Waals surface area (Å²) in [5.74, 6) is 1.09. The van der Waals surface area contributed by atoms with Gasteiger partial charge in [-0.05, 0) is 25.0 Å². The molecule has 0 aliphatic rings. The molecule has 0 amide bonds. The van der Waals surface area contributed by atoms with Gasteiger partial charge in [0, 0.05) is 17.1 Å². The predicted molar refractivity (Wildman–Crippen MR) is 68.0 cm³/mol. The second kappa shape index (κ2) is 4.27. The highest BCUT2D eigenvalue weighted by molar-refractivity contribution is 5.83. The maximum Gasteiger partial charge on any atom is 0.243 e. The normalized spacial score (nSPS) is 13.0. The van der Waals surface area contributed by atoms with Crippen molar-refractivity contribution in [2.24, 2.45) is 5.73 Å². The summed E-state index contributed by atoms with van der Waals surface area (Å²) in [5.41, 5.74) is 8.35. The van der Waals surface area contributed by atoms with E-state index in [0.717, 1.165) is 11.1 Å². The Hall–Kier alpha value is -2.14. The highest BCUT2D eigenvalue weighted by atomic mass is 16.5. The van der Waals surface area contributed by atoms with Gasteiger partial charge in [0.25, 0.3) is 0 Å². The number of hydrogen-bond donors (Lipinski definition) is 2. The molecule has 0 saturated heterocycles. The molecule has 5 nitrogen and oxygen atoms in total. The number of benzene rings is 1. The van der Waals surface area contributed by atoms with Gasteiger partial charge in [0.15, 0.2) is 5.82 Å². The zero-order chi connectivity index (χ0) is 12.5. The quantitative estimate of drug-likeness (QED) is 0.737. The Kier molecular flexibility index (Phi) is 2.60. The molecule has 2 heterocycles. The van der Waals surface area contributed by atoms with E-state index >= 15 is 0 Å². The molecule has 3 N–H and O–H groups in total. The van der Waals surface area contributed by atoms with Gasteiger partial charge in [-0.3, -0.25) is 0 Å². The molecule has 0 aliphatic heterocycles. The summed E-state index contributed by atoms with van der Waals surface area (Å²) in [5, 5.41) is 4.94. The molecular weight excluding hydrogens is 228 g/mol. The zero-order valence-electron chi connectivity index (χ0n) is 10.1. The Morgan fingerprint density at radius 3 is 3.00 bits per heavy atom.